The van der Waals surface area contributed by atoms with Crippen LogP contribution in [0.4, 0.5) is 8.78 Å². The molecular weight excluding hydrogens is 548 g/mol. The van der Waals surface area contributed by atoms with Crippen LogP contribution in [0.2, 0.25) is 0 Å². The van der Waals surface area contributed by atoms with Gasteiger partial charge in [0.2, 0.25) is 10.0 Å². The SMILES string of the molecule is CS(=O)(=O)N1CCN(CCCOc2ccc3c(c2)C(=O)C(c2cccnc2)=C3c2cc(F)cc(F)c2)CC1.Cl. The Balaban J connectivity index is 0.00000353. The molecule has 3 aromatic rings. The zero-order chi connectivity index (χ0) is 26.9. The normalized spacial score (nSPS) is 16.2. The van der Waals surface area contributed by atoms with Gasteiger partial charge in [-0.2, -0.15) is 4.31 Å². The number of allylic oxidation sites excluding steroid dienone is 1. The molecule has 2 aromatic carbocycles. The number of carbonyl (C=O) groups is 1. The number of carbonyl (C=O) groups excluding carboxylic acids is 1. The van der Waals surface area contributed by atoms with Gasteiger partial charge in [0.15, 0.2) is 5.78 Å². The Bertz CT molecular complexity index is 1490. The van der Waals surface area contributed by atoms with Gasteiger partial charge in [-0.15, -0.1) is 12.4 Å². The number of ketones is 1. The number of hydrogen-bond acceptors (Lipinski definition) is 6. The van der Waals surface area contributed by atoms with Crippen molar-refractivity contribution in [3.05, 3.63) is 94.8 Å². The van der Waals surface area contributed by atoms with Gasteiger partial charge < -0.3 is 9.64 Å². The second kappa shape index (κ2) is 11.9. The minimum Gasteiger partial charge on any atom is -0.494 e. The summed E-state index contributed by atoms with van der Waals surface area (Å²) in [5.74, 6) is -1.19. The first-order valence-corrected chi connectivity index (χ1v) is 14.2. The Morgan fingerprint density at radius 2 is 1.64 bits per heavy atom. The lowest BCUT2D eigenvalue weighted by Gasteiger charge is -2.33. The topological polar surface area (TPSA) is 79.8 Å². The zero-order valence-corrected chi connectivity index (χ0v) is 22.9. The predicted octanol–water partition coefficient (Wildman–Crippen LogP) is 4.28. The molecule has 2 aliphatic rings. The van der Waals surface area contributed by atoms with Crippen LogP contribution in [0.25, 0.3) is 11.1 Å². The second-order valence-corrected chi connectivity index (χ2v) is 11.4. The lowest BCUT2D eigenvalue weighted by molar-refractivity contribution is 0.105. The number of halogens is 3. The maximum atomic E-state index is 14.1. The third-order valence-electron chi connectivity index (χ3n) is 6.77. The number of pyridine rings is 1. The molecule has 39 heavy (non-hydrogen) atoms. The van der Waals surface area contributed by atoms with Crippen molar-refractivity contribution in [1.82, 2.24) is 14.2 Å². The van der Waals surface area contributed by atoms with Gasteiger partial charge in [-0.3, -0.25) is 9.78 Å². The summed E-state index contributed by atoms with van der Waals surface area (Å²) in [7, 11) is -3.16. The fourth-order valence-electron chi connectivity index (χ4n) is 4.95. The highest BCUT2D eigenvalue weighted by atomic mass is 35.5. The lowest BCUT2D eigenvalue weighted by Crippen LogP contribution is -2.48. The summed E-state index contributed by atoms with van der Waals surface area (Å²) >= 11 is 0. The quantitative estimate of drug-likeness (QED) is 0.373. The van der Waals surface area contributed by atoms with Crippen molar-refractivity contribution in [2.45, 2.75) is 6.42 Å². The van der Waals surface area contributed by atoms with E-state index in [0.717, 1.165) is 19.0 Å². The van der Waals surface area contributed by atoms with Crippen LogP contribution in [0.3, 0.4) is 0 Å². The number of aromatic nitrogens is 1. The van der Waals surface area contributed by atoms with E-state index < -0.39 is 21.7 Å². The molecule has 0 bridgehead atoms. The fraction of sp³-hybridized carbons (Fsp3) is 0.286. The molecule has 1 aromatic heterocycles. The van der Waals surface area contributed by atoms with Crippen molar-refractivity contribution < 1.29 is 26.7 Å². The first-order chi connectivity index (χ1) is 18.2. The maximum absolute atomic E-state index is 14.1. The highest BCUT2D eigenvalue weighted by Crippen LogP contribution is 2.43. The summed E-state index contributed by atoms with van der Waals surface area (Å²) in [4.78, 5) is 19.9. The Morgan fingerprint density at radius 1 is 0.923 bits per heavy atom. The zero-order valence-electron chi connectivity index (χ0n) is 21.3. The summed E-state index contributed by atoms with van der Waals surface area (Å²) in [6.07, 6.45) is 5.11. The smallest absolute Gasteiger partial charge is 0.211 e. The van der Waals surface area contributed by atoms with E-state index in [0.29, 0.717) is 66.4 Å². The van der Waals surface area contributed by atoms with Crippen LogP contribution >= 0.6 is 12.4 Å². The van der Waals surface area contributed by atoms with Crippen molar-refractivity contribution in [1.29, 1.82) is 0 Å². The van der Waals surface area contributed by atoms with Crippen LogP contribution in [-0.2, 0) is 10.0 Å². The molecule has 0 saturated carbocycles. The average molecular weight is 576 g/mol. The Morgan fingerprint density at radius 3 is 2.28 bits per heavy atom. The first kappa shape index (κ1) is 28.8. The first-order valence-electron chi connectivity index (χ1n) is 12.3. The Labute approximate surface area is 232 Å². The van der Waals surface area contributed by atoms with Gasteiger partial charge in [-0.25, -0.2) is 17.2 Å². The predicted molar refractivity (Wildman–Crippen MR) is 148 cm³/mol. The molecule has 5 rings (SSSR count). The van der Waals surface area contributed by atoms with E-state index in [1.165, 1.54) is 22.7 Å². The highest BCUT2D eigenvalue weighted by molar-refractivity contribution is 7.88. The van der Waals surface area contributed by atoms with Crippen molar-refractivity contribution in [2.75, 3.05) is 45.6 Å². The van der Waals surface area contributed by atoms with Crippen LogP contribution in [0.1, 0.15) is 33.5 Å². The van der Waals surface area contributed by atoms with Gasteiger partial charge in [0.1, 0.15) is 17.4 Å². The standard InChI is InChI=1S/C28H27F2N3O4S.ClH/c1-38(35,36)33-11-9-32(10-12-33)8-3-13-37-23-5-6-24-25(17-23)28(34)27(19-4-2-7-31-18-19)26(24)20-14-21(29)16-22(30)15-20;/h2,4-7,14-18H,3,8-13H2,1H3;1H. The number of rotatable bonds is 8. The molecule has 1 aliphatic carbocycles. The maximum Gasteiger partial charge on any atom is 0.211 e. The summed E-state index contributed by atoms with van der Waals surface area (Å²) < 4.78 is 59.0. The average Bonchev–Trinajstić information content (AvgIpc) is 3.18. The van der Waals surface area contributed by atoms with E-state index >= 15 is 0 Å². The summed E-state index contributed by atoms with van der Waals surface area (Å²) in [6, 6.07) is 11.9. The molecule has 1 saturated heterocycles. The van der Waals surface area contributed by atoms with E-state index in [2.05, 4.69) is 9.88 Å². The van der Waals surface area contributed by atoms with Gasteiger partial charge in [-0.1, -0.05) is 6.07 Å². The summed E-state index contributed by atoms with van der Waals surface area (Å²) in [6.45, 7) is 3.50. The van der Waals surface area contributed by atoms with E-state index in [-0.39, 0.29) is 23.8 Å². The number of Topliss-reactive ketones (excluding diaryl/α,β-unsaturated/α-hetero) is 1. The molecule has 0 atom stereocenters. The Kier molecular flexibility index (Phi) is 8.80. The van der Waals surface area contributed by atoms with E-state index in [9.17, 15) is 22.0 Å². The fourth-order valence-corrected chi connectivity index (χ4v) is 5.78. The lowest BCUT2D eigenvalue weighted by atomic mass is 9.95. The van der Waals surface area contributed by atoms with Gasteiger partial charge in [0.25, 0.3) is 0 Å². The number of piperazine rings is 1. The molecule has 206 valence electrons. The van der Waals surface area contributed by atoms with Gasteiger partial charge in [0.05, 0.1) is 12.9 Å². The molecule has 1 aliphatic heterocycles. The summed E-state index contributed by atoms with van der Waals surface area (Å²) in [5, 5.41) is 0. The molecule has 2 heterocycles. The molecule has 1 fully saturated rings. The molecule has 7 nitrogen and oxygen atoms in total. The van der Waals surface area contributed by atoms with Crippen molar-refractivity contribution in [3.8, 4) is 5.75 Å². The van der Waals surface area contributed by atoms with Gasteiger partial charge in [-0.05, 0) is 53.9 Å². The molecule has 0 N–H and O–H groups in total. The molecule has 0 spiro atoms. The second-order valence-electron chi connectivity index (χ2n) is 9.39. The van der Waals surface area contributed by atoms with Crippen LogP contribution in [0.15, 0.2) is 60.9 Å². The number of ether oxygens (including phenoxy) is 1. The molecular formula is C28H28ClF2N3O4S. The van der Waals surface area contributed by atoms with E-state index in [4.69, 9.17) is 4.74 Å². The number of nitrogens with zero attached hydrogens (tertiary/aromatic N) is 3. The van der Waals surface area contributed by atoms with Crippen LogP contribution < -0.4 is 4.74 Å². The Hall–Kier alpha value is -3.18. The molecule has 0 radical (unpaired) electrons. The minimum absolute atomic E-state index is 0. The van der Waals surface area contributed by atoms with Crippen LogP contribution in [0.5, 0.6) is 5.75 Å². The van der Waals surface area contributed by atoms with Crippen LogP contribution in [-0.4, -0.2) is 74.0 Å². The number of benzene rings is 2. The molecule has 11 heteroatoms. The summed E-state index contributed by atoms with van der Waals surface area (Å²) in [5.41, 5.74) is 2.61. The van der Waals surface area contributed by atoms with Crippen molar-refractivity contribution in [3.63, 3.8) is 0 Å². The van der Waals surface area contributed by atoms with E-state index in [1.807, 2.05) is 0 Å². The molecule has 0 unspecified atom stereocenters. The van der Waals surface area contributed by atoms with Crippen LogP contribution in [0, 0.1) is 11.6 Å². The van der Waals surface area contributed by atoms with Gasteiger partial charge >= 0.3 is 0 Å². The number of fused-ring (bicyclic) bond motifs is 1. The molecule has 0 amide bonds. The third kappa shape index (κ3) is 6.36. The third-order valence-corrected chi connectivity index (χ3v) is 8.07. The number of hydrogen-bond donors (Lipinski definition) is 0. The highest BCUT2D eigenvalue weighted by Gasteiger charge is 2.32. The monoisotopic (exact) mass is 575 g/mol. The van der Waals surface area contributed by atoms with Gasteiger partial charge in [0, 0.05) is 73.5 Å². The number of sulfonamides is 1. The van der Waals surface area contributed by atoms with Crippen molar-refractivity contribution in [2.24, 2.45) is 0 Å². The van der Waals surface area contributed by atoms with Crippen molar-refractivity contribution >= 4 is 39.4 Å². The minimum atomic E-state index is -3.16. The largest absolute Gasteiger partial charge is 0.494 e. The van der Waals surface area contributed by atoms with E-state index in [1.54, 1.807) is 42.7 Å².